The quantitative estimate of drug-likeness (QED) is 0.850. The maximum atomic E-state index is 5.83. The molecule has 0 unspecified atom stereocenters. The summed E-state index contributed by atoms with van der Waals surface area (Å²) in [5.74, 6) is 1.78. The monoisotopic (exact) mass is 299 g/mol. The van der Waals surface area contributed by atoms with Gasteiger partial charge in [-0.2, -0.15) is 0 Å². The van der Waals surface area contributed by atoms with Crippen molar-refractivity contribution in [1.82, 2.24) is 0 Å². The summed E-state index contributed by atoms with van der Waals surface area (Å²) in [6, 6.07) is 16.3. The van der Waals surface area contributed by atoms with Gasteiger partial charge in [-0.15, -0.1) is 0 Å². The van der Waals surface area contributed by atoms with Crippen LogP contribution < -0.4 is 14.8 Å². The molecule has 0 spiro atoms. The van der Waals surface area contributed by atoms with Crippen molar-refractivity contribution >= 4 is 5.69 Å². The Kier molecular flexibility index (Phi) is 5.31. The number of rotatable bonds is 6. The third-order valence-electron chi connectivity index (χ3n) is 3.16. The Labute approximate surface area is 133 Å². The summed E-state index contributed by atoms with van der Waals surface area (Å²) in [7, 11) is 1.68. The van der Waals surface area contributed by atoms with E-state index in [1.807, 2.05) is 36.4 Å². The first-order chi connectivity index (χ1) is 10.5. The lowest BCUT2D eigenvalue weighted by Gasteiger charge is -2.21. The number of anilines is 1. The van der Waals surface area contributed by atoms with Gasteiger partial charge in [0.2, 0.25) is 0 Å². The van der Waals surface area contributed by atoms with Gasteiger partial charge in [-0.1, -0.05) is 18.2 Å². The Morgan fingerprint density at radius 3 is 2.32 bits per heavy atom. The van der Waals surface area contributed by atoms with Crippen LogP contribution in [0.2, 0.25) is 0 Å². The molecule has 0 saturated carbocycles. The van der Waals surface area contributed by atoms with Gasteiger partial charge in [-0.05, 0) is 57.0 Å². The molecule has 3 heteroatoms. The Morgan fingerprint density at radius 1 is 0.955 bits per heavy atom. The van der Waals surface area contributed by atoms with Crippen molar-refractivity contribution in [3.63, 3.8) is 0 Å². The molecule has 118 valence electrons. The maximum absolute atomic E-state index is 5.83. The SMILES string of the molecule is COc1cccc(NCCc2ccc(OC(C)(C)C)cc2)c1. The molecule has 0 fully saturated rings. The van der Waals surface area contributed by atoms with E-state index in [0.717, 1.165) is 30.2 Å². The fourth-order valence-corrected chi connectivity index (χ4v) is 2.16. The topological polar surface area (TPSA) is 30.5 Å². The van der Waals surface area contributed by atoms with Gasteiger partial charge in [0, 0.05) is 18.3 Å². The molecule has 0 heterocycles. The lowest BCUT2D eigenvalue weighted by atomic mass is 10.1. The largest absolute Gasteiger partial charge is 0.497 e. The zero-order valence-electron chi connectivity index (χ0n) is 13.8. The molecular weight excluding hydrogens is 274 g/mol. The van der Waals surface area contributed by atoms with Crippen LogP contribution in [0.3, 0.4) is 0 Å². The van der Waals surface area contributed by atoms with E-state index in [4.69, 9.17) is 9.47 Å². The van der Waals surface area contributed by atoms with E-state index in [9.17, 15) is 0 Å². The zero-order valence-corrected chi connectivity index (χ0v) is 13.8. The lowest BCUT2D eigenvalue weighted by molar-refractivity contribution is 0.131. The molecule has 1 N–H and O–H groups in total. The predicted molar refractivity (Wildman–Crippen MR) is 92.0 cm³/mol. The normalized spacial score (nSPS) is 11.1. The molecule has 2 aromatic rings. The number of nitrogens with one attached hydrogen (secondary N) is 1. The third-order valence-corrected chi connectivity index (χ3v) is 3.16. The van der Waals surface area contributed by atoms with Crippen LogP contribution in [-0.2, 0) is 6.42 Å². The van der Waals surface area contributed by atoms with Crippen LogP contribution in [0.5, 0.6) is 11.5 Å². The summed E-state index contributed by atoms with van der Waals surface area (Å²) in [4.78, 5) is 0. The van der Waals surface area contributed by atoms with Gasteiger partial charge in [-0.3, -0.25) is 0 Å². The molecule has 2 aromatic carbocycles. The standard InChI is InChI=1S/C19H25NO2/c1-19(2,3)22-17-10-8-15(9-11-17)12-13-20-16-6-5-7-18(14-16)21-4/h5-11,14,20H,12-13H2,1-4H3. The molecule has 0 aliphatic rings. The molecule has 0 aliphatic carbocycles. The highest BCUT2D eigenvalue weighted by Gasteiger charge is 2.11. The van der Waals surface area contributed by atoms with Gasteiger partial charge in [0.1, 0.15) is 17.1 Å². The Balaban J connectivity index is 1.84. The molecule has 0 amide bonds. The van der Waals surface area contributed by atoms with Crippen LogP contribution in [0, 0.1) is 0 Å². The first-order valence-electron chi connectivity index (χ1n) is 7.62. The molecule has 3 nitrogen and oxygen atoms in total. The minimum absolute atomic E-state index is 0.157. The van der Waals surface area contributed by atoms with Crippen molar-refractivity contribution in [3.05, 3.63) is 54.1 Å². The fraction of sp³-hybridized carbons (Fsp3) is 0.368. The molecule has 0 radical (unpaired) electrons. The highest BCUT2D eigenvalue weighted by molar-refractivity contribution is 5.48. The molecule has 0 aromatic heterocycles. The van der Waals surface area contributed by atoms with Gasteiger partial charge < -0.3 is 14.8 Å². The van der Waals surface area contributed by atoms with E-state index in [2.05, 4.69) is 38.2 Å². The molecular formula is C19H25NO2. The minimum atomic E-state index is -0.157. The number of methoxy groups -OCH3 is 1. The molecule has 22 heavy (non-hydrogen) atoms. The van der Waals surface area contributed by atoms with Crippen LogP contribution in [0.1, 0.15) is 26.3 Å². The van der Waals surface area contributed by atoms with Crippen LogP contribution in [0.4, 0.5) is 5.69 Å². The fourth-order valence-electron chi connectivity index (χ4n) is 2.16. The number of hydrogen-bond acceptors (Lipinski definition) is 3. The number of benzene rings is 2. The van der Waals surface area contributed by atoms with Crippen LogP contribution in [0.15, 0.2) is 48.5 Å². The van der Waals surface area contributed by atoms with E-state index in [1.165, 1.54) is 5.56 Å². The Bertz CT molecular complexity index is 585. The summed E-state index contributed by atoms with van der Waals surface area (Å²) in [5, 5.41) is 3.41. The summed E-state index contributed by atoms with van der Waals surface area (Å²) in [5.41, 5.74) is 2.21. The molecule has 0 atom stereocenters. The van der Waals surface area contributed by atoms with Crippen molar-refractivity contribution in [3.8, 4) is 11.5 Å². The zero-order chi connectivity index (χ0) is 16.0. The van der Waals surface area contributed by atoms with Crippen LogP contribution >= 0.6 is 0 Å². The molecule has 0 bridgehead atoms. The maximum Gasteiger partial charge on any atom is 0.120 e. The third kappa shape index (κ3) is 5.32. The predicted octanol–water partition coefficient (Wildman–Crippen LogP) is 4.53. The first-order valence-corrected chi connectivity index (χ1v) is 7.62. The molecule has 2 rings (SSSR count). The summed E-state index contributed by atoms with van der Waals surface area (Å²) < 4.78 is 11.0. The highest BCUT2D eigenvalue weighted by Crippen LogP contribution is 2.19. The second-order valence-electron chi connectivity index (χ2n) is 6.27. The van der Waals surface area contributed by atoms with Crippen molar-refractivity contribution in [2.24, 2.45) is 0 Å². The van der Waals surface area contributed by atoms with E-state index < -0.39 is 0 Å². The van der Waals surface area contributed by atoms with Gasteiger partial charge in [0.25, 0.3) is 0 Å². The van der Waals surface area contributed by atoms with Gasteiger partial charge >= 0.3 is 0 Å². The van der Waals surface area contributed by atoms with E-state index in [0.29, 0.717) is 0 Å². The van der Waals surface area contributed by atoms with Gasteiger partial charge in [0.15, 0.2) is 0 Å². The molecule has 0 saturated heterocycles. The second-order valence-corrected chi connectivity index (χ2v) is 6.27. The van der Waals surface area contributed by atoms with Crippen molar-refractivity contribution < 1.29 is 9.47 Å². The Hall–Kier alpha value is -2.16. The highest BCUT2D eigenvalue weighted by atomic mass is 16.5. The van der Waals surface area contributed by atoms with Crippen molar-refractivity contribution in [2.75, 3.05) is 19.0 Å². The van der Waals surface area contributed by atoms with E-state index in [1.54, 1.807) is 7.11 Å². The average Bonchev–Trinajstić information content (AvgIpc) is 2.48. The second kappa shape index (κ2) is 7.21. The summed E-state index contributed by atoms with van der Waals surface area (Å²) in [6.07, 6.45) is 0.965. The average molecular weight is 299 g/mol. The first kappa shape index (κ1) is 16.2. The van der Waals surface area contributed by atoms with Gasteiger partial charge in [0.05, 0.1) is 7.11 Å². The van der Waals surface area contributed by atoms with Crippen molar-refractivity contribution in [1.29, 1.82) is 0 Å². The van der Waals surface area contributed by atoms with Gasteiger partial charge in [-0.25, -0.2) is 0 Å². The van der Waals surface area contributed by atoms with Crippen molar-refractivity contribution in [2.45, 2.75) is 32.8 Å². The van der Waals surface area contributed by atoms with E-state index >= 15 is 0 Å². The summed E-state index contributed by atoms with van der Waals surface area (Å²) >= 11 is 0. The Morgan fingerprint density at radius 2 is 1.68 bits per heavy atom. The minimum Gasteiger partial charge on any atom is -0.497 e. The van der Waals surface area contributed by atoms with Crippen LogP contribution in [0.25, 0.3) is 0 Å². The smallest absolute Gasteiger partial charge is 0.120 e. The number of ether oxygens (including phenoxy) is 2. The number of hydrogen-bond donors (Lipinski definition) is 1. The van der Waals surface area contributed by atoms with Crippen LogP contribution in [-0.4, -0.2) is 19.3 Å². The van der Waals surface area contributed by atoms with E-state index in [-0.39, 0.29) is 5.60 Å². The summed E-state index contributed by atoms with van der Waals surface area (Å²) in [6.45, 7) is 7.05. The lowest BCUT2D eigenvalue weighted by Crippen LogP contribution is -2.22. The molecule has 0 aliphatic heterocycles.